The van der Waals surface area contributed by atoms with Crippen LogP contribution in [0.5, 0.6) is 0 Å². The summed E-state index contributed by atoms with van der Waals surface area (Å²) in [4.78, 5) is 19.7. The molecule has 1 aliphatic heterocycles. The lowest BCUT2D eigenvalue weighted by Gasteiger charge is -2.28. The standard InChI is InChI=1S/C21H23ClN4O2S/c1-2-18-20(26-14-16(22)5-8-19(26)24-18)21(27)23-13-15-3-6-17(7-4-15)25-9-11-29(28)12-10-25/h3-8,14H,2,9-13H2,1H3,(H,23,27). The number of aryl methyl sites for hydroxylation is 1. The molecule has 1 aliphatic rings. The van der Waals surface area contributed by atoms with Crippen LogP contribution in [0.15, 0.2) is 42.6 Å². The normalized spacial score (nSPS) is 15.0. The monoisotopic (exact) mass is 430 g/mol. The van der Waals surface area contributed by atoms with Crippen molar-refractivity contribution in [2.24, 2.45) is 0 Å². The number of anilines is 1. The van der Waals surface area contributed by atoms with E-state index in [2.05, 4.69) is 27.3 Å². The lowest BCUT2D eigenvalue weighted by Crippen LogP contribution is -2.37. The number of carbonyl (C=O) groups is 1. The Kier molecular flexibility index (Phi) is 5.87. The number of nitrogens with zero attached hydrogens (tertiary/aromatic N) is 3. The van der Waals surface area contributed by atoms with Crippen molar-refractivity contribution in [3.05, 3.63) is 64.6 Å². The Hall–Kier alpha value is -2.38. The van der Waals surface area contributed by atoms with Crippen LogP contribution in [0.1, 0.15) is 28.7 Å². The first-order chi connectivity index (χ1) is 14.0. The van der Waals surface area contributed by atoms with Gasteiger partial charge in [-0.05, 0) is 36.2 Å². The average molecular weight is 431 g/mol. The first-order valence-electron chi connectivity index (χ1n) is 9.68. The highest BCUT2D eigenvalue weighted by Crippen LogP contribution is 2.19. The van der Waals surface area contributed by atoms with Gasteiger partial charge >= 0.3 is 0 Å². The zero-order valence-electron chi connectivity index (χ0n) is 16.2. The number of aromatic nitrogens is 2. The largest absolute Gasteiger partial charge is 0.370 e. The van der Waals surface area contributed by atoms with Gasteiger partial charge in [0.25, 0.3) is 5.91 Å². The number of fused-ring (bicyclic) bond motifs is 1. The van der Waals surface area contributed by atoms with Crippen LogP contribution < -0.4 is 10.2 Å². The van der Waals surface area contributed by atoms with Crippen LogP contribution in [-0.4, -0.2) is 44.1 Å². The predicted molar refractivity (Wildman–Crippen MR) is 117 cm³/mol. The van der Waals surface area contributed by atoms with Gasteiger partial charge < -0.3 is 10.2 Å². The van der Waals surface area contributed by atoms with Gasteiger partial charge in [-0.1, -0.05) is 30.7 Å². The molecule has 29 heavy (non-hydrogen) atoms. The smallest absolute Gasteiger partial charge is 0.270 e. The zero-order valence-corrected chi connectivity index (χ0v) is 17.8. The Labute approximate surface area is 177 Å². The average Bonchev–Trinajstić information content (AvgIpc) is 3.11. The maximum atomic E-state index is 12.9. The molecular formula is C21H23ClN4O2S. The van der Waals surface area contributed by atoms with Crippen LogP contribution in [0.3, 0.4) is 0 Å². The van der Waals surface area contributed by atoms with E-state index in [1.807, 2.05) is 25.1 Å². The Morgan fingerprint density at radius 2 is 1.90 bits per heavy atom. The number of carbonyl (C=O) groups excluding carboxylic acids is 1. The molecule has 1 aromatic carbocycles. The van der Waals surface area contributed by atoms with E-state index < -0.39 is 10.8 Å². The first-order valence-corrected chi connectivity index (χ1v) is 11.6. The van der Waals surface area contributed by atoms with Gasteiger partial charge in [-0.15, -0.1) is 0 Å². The molecule has 4 rings (SSSR count). The van der Waals surface area contributed by atoms with Crippen molar-refractivity contribution in [1.29, 1.82) is 0 Å². The van der Waals surface area contributed by atoms with E-state index in [4.69, 9.17) is 11.6 Å². The second-order valence-corrected chi connectivity index (χ2v) is 9.15. The molecule has 1 amide bonds. The Morgan fingerprint density at radius 3 is 2.59 bits per heavy atom. The fourth-order valence-corrected chi connectivity index (χ4v) is 4.75. The third-order valence-electron chi connectivity index (χ3n) is 5.14. The van der Waals surface area contributed by atoms with Gasteiger partial charge in [-0.3, -0.25) is 13.4 Å². The fraction of sp³-hybridized carbons (Fsp3) is 0.333. The van der Waals surface area contributed by atoms with Crippen molar-refractivity contribution >= 4 is 39.6 Å². The lowest BCUT2D eigenvalue weighted by atomic mass is 10.2. The second kappa shape index (κ2) is 8.55. The molecule has 0 spiro atoms. The summed E-state index contributed by atoms with van der Waals surface area (Å²) in [7, 11) is -0.681. The van der Waals surface area contributed by atoms with E-state index in [-0.39, 0.29) is 5.91 Å². The number of halogens is 1. The molecule has 0 atom stereocenters. The summed E-state index contributed by atoms with van der Waals surface area (Å²) >= 11 is 6.11. The second-order valence-electron chi connectivity index (χ2n) is 7.02. The van der Waals surface area contributed by atoms with Gasteiger partial charge in [0.2, 0.25) is 0 Å². The maximum Gasteiger partial charge on any atom is 0.270 e. The van der Waals surface area contributed by atoms with Crippen LogP contribution in [0.2, 0.25) is 5.02 Å². The molecule has 6 nitrogen and oxygen atoms in total. The van der Waals surface area contributed by atoms with Crippen LogP contribution in [0.25, 0.3) is 5.65 Å². The Morgan fingerprint density at radius 1 is 1.17 bits per heavy atom. The summed E-state index contributed by atoms with van der Waals surface area (Å²) < 4.78 is 13.3. The Balaban J connectivity index is 1.45. The van der Waals surface area contributed by atoms with Crippen molar-refractivity contribution in [2.45, 2.75) is 19.9 Å². The number of nitrogens with one attached hydrogen (secondary N) is 1. The third-order valence-corrected chi connectivity index (χ3v) is 6.64. The predicted octanol–water partition coefficient (Wildman–Crippen LogP) is 3.05. The summed E-state index contributed by atoms with van der Waals surface area (Å²) in [5.74, 6) is 1.28. The molecule has 0 aliphatic carbocycles. The van der Waals surface area contributed by atoms with Crippen molar-refractivity contribution in [1.82, 2.24) is 14.7 Å². The van der Waals surface area contributed by atoms with E-state index in [1.54, 1.807) is 16.7 Å². The molecule has 0 bridgehead atoms. The summed E-state index contributed by atoms with van der Waals surface area (Å²) in [5.41, 5.74) is 4.14. The summed E-state index contributed by atoms with van der Waals surface area (Å²) in [6, 6.07) is 11.7. The molecule has 2 aromatic heterocycles. The van der Waals surface area contributed by atoms with E-state index >= 15 is 0 Å². The quantitative estimate of drug-likeness (QED) is 0.675. The molecule has 0 unspecified atom stereocenters. The Bertz CT molecular complexity index is 1050. The molecule has 3 aromatic rings. The highest BCUT2D eigenvalue weighted by atomic mass is 35.5. The number of pyridine rings is 1. The number of imidazole rings is 1. The van der Waals surface area contributed by atoms with Crippen LogP contribution in [0, 0.1) is 0 Å². The molecule has 152 valence electrons. The number of benzene rings is 1. The molecule has 0 radical (unpaired) electrons. The number of amides is 1. The van der Waals surface area contributed by atoms with Crippen LogP contribution >= 0.6 is 11.6 Å². The molecule has 0 saturated carbocycles. The summed E-state index contributed by atoms with van der Waals surface area (Å²) in [6.45, 7) is 4.05. The molecule has 1 N–H and O–H groups in total. The molecule has 3 heterocycles. The molecule has 8 heteroatoms. The van der Waals surface area contributed by atoms with Crippen molar-refractivity contribution in [2.75, 3.05) is 29.5 Å². The van der Waals surface area contributed by atoms with E-state index in [9.17, 15) is 9.00 Å². The fourth-order valence-electron chi connectivity index (χ4n) is 3.54. The van der Waals surface area contributed by atoms with E-state index in [0.29, 0.717) is 29.3 Å². The van der Waals surface area contributed by atoms with Gasteiger partial charge in [0.15, 0.2) is 0 Å². The van der Waals surface area contributed by atoms with Gasteiger partial charge in [0.05, 0.1) is 10.7 Å². The minimum Gasteiger partial charge on any atom is -0.370 e. The van der Waals surface area contributed by atoms with Crippen molar-refractivity contribution in [3.8, 4) is 0 Å². The van der Waals surface area contributed by atoms with Gasteiger partial charge in [-0.2, -0.15) is 0 Å². The van der Waals surface area contributed by atoms with Crippen molar-refractivity contribution in [3.63, 3.8) is 0 Å². The minimum atomic E-state index is -0.681. The topological polar surface area (TPSA) is 66.7 Å². The summed E-state index contributed by atoms with van der Waals surface area (Å²) in [5, 5.41) is 3.55. The molecule has 1 fully saturated rings. The number of hydrogen-bond donors (Lipinski definition) is 1. The third kappa shape index (κ3) is 4.31. The van der Waals surface area contributed by atoms with Gasteiger partial charge in [0.1, 0.15) is 11.3 Å². The van der Waals surface area contributed by atoms with Crippen LogP contribution in [-0.2, 0) is 23.8 Å². The highest BCUT2D eigenvalue weighted by Gasteiger charge is 2.19. The lowest BCUT2D eigenvalue weighted by molar-refractivity contribution is 0.0944. The van der Waals surface area contributed by atoms with Gasteiger partial charge in [-0.25, -0.2) is 4.98 Å². The minimum absolute atomic E-state index is 0.167. The van der Waals surface area contributed by atoms with E-state index in [0.717, 1.165) is 41.5 Å². The first kappa shape index (κ1) is 19.9. The van der Waals surface area contributed by atoms with Crippen LogP contribution in [0.4, 0.5) is 5.69 Å². The molecular weight excluding hydrogens is 408 g/mol. The maximum absolute atomic E-state index is 12.9. The highest BCUT2D eigenvalue weighted by molar-refractivity contribution is 7.85. The summed E-state index contributed by atoms with van der Waals surface area (Å²) in [6.07, 6.45) is 2.38. The number of rotatable bonds is 5. The SMILES string of the molecule is CCc1nc2ccc(Cl)cn2c1C(=O)NCc1ccc(N2CCS(=O)CC2)cc1. The van der Waals surface area contributed by atoms with E-state index in [1.165, 1.54) is 0 Å². The van der Waals surface area contributed by atoms with Gasteiger partial charge in [0, 0.05) is 53.8 Å². The molecule has 1 saturated heterocycles. The van der Waals surface area contributed by atoms with Crippen molar-refractivity contribution < 1.29 is 9.00 Å². The number of hydrogen-bond acceptors (Lipinski definition) is 4. The zero-order chi connectivity index (χ0) is 20.4.